The van der Waals surface area contributed by atoms with E-state index in [0.29, 0.717) is 12.8 Å². The number of fused-ring (bicyclic) bond motifs is 2. The molecule has 21 heavy (non-hydrogen) atoms. The fourth-order valence-corrected chi connectivity index (χ4v) is 3.46. The van der Waals surface area contributed by atoms with E-state index >= 15 is 0 Å². The molecule has 2 aliphatic rings. The molecule has 2 saturated heterocycles. The molecule has 0 aromatic heterocycles. The molecule has 1 aromatic rings. The molecule has 2 fully saturated rings. The number of hydrogen-bond acceptors (Lipinski definition) is 4. The lowest BCUT2D eigenvalue weighted by atomic mass is 9.98. The van der Waals surface area contributed by atoms with Gasteiger partial charge in [-0.1, -0.05) is 0 Å². The summed E-state index contributed by atoms with van der Waals surface area (Å²) in [7, 11) is 0. The first-order chi connectivity index (χ1) is 9.97. The van der Waals surface area contributed by atoms with Gasteiger partial charge in [-0.25, -0.2) is 4.39 Å². The lowest BCUT2D eigenvalue weighted by Gasteiger charge is -2.37. The maximum atomic E-state index is 13.4. The number of benzene rings is 1. The van der Waals surface area contributed by atoms with Crippen LogP contribution in [0.5, 0.6) is 0 Å². The quantitative estimate of drug-likeness (QED) is 0.666. The van der Waals surface area contributed by atoms with Crippen LogP contribution in [0.2, 0.25) is 0 Å². The normalized spacial score (nSPS) is 27.7. The molecule has 0 radical (unpaired) electrons. The summed E-state index contributed by atoms with van der Waals surface area (Å²) in [6.45, 7) is 0. The Hall–Kier alpha value is -2.02. The number of aliphatic hydroxyl groups excluding tert-OH is 1. The lowest BCUT2D eigenvalue weighted by Crippen LogP contribution is -2.48. The van der Waals surface area contributed by atoms with Gasteiger partial charge in [0.1, 0.15) is 11.4 Å². The van der Waals surface area contributed by atoms with Crippen LogP contribution in [-0.2, 0) is 0 Å². The second kappa shape index (κ2) is 5.07. The fraction of sp³-hybridized carbons (Fsp3) is 0.500. The smallest absolute Gasteiger partial charge is 0.282 e. The monoisotopic (exact) mass is 294 g/mol. The Kier molecular flexibility index (Phi) is 3.36. The summed E-state index contributed by atoms with van der Waals surface area (Å²) in [5, 5.41) is 20.8. The SMILES string of the molecule is O=C(c1cc(F)ccc1[N+](=O)[O-])N1C2CCC1CC(O)C2. The maximum absolute atomic E-state index is 13.4. The van der Waals surface area contributed by atoms with E-state index in [1.807, 2.05) is 0 Å². The van der Waals surface area contributed by atoms with Crippen molar-refractivity contribution in [1.82, 2.24) is 4.90 Å². The first-order valence-electron chi connectivity index (χ1n) is 6.92. The molecule has 6 nitrogen and oxygen atoms in total. The van der Waals surface area contributed by atoms with Gasteiger partial charge in [-0.05, 0) is 37.8 Å². The van der Waals surface area contributed by atoms with Gasteiger partial charge in [-0.2, -0.15) is 0 Å². The molecule has 112 valence electrons. The number of carbonyl (C=O) groups is 1. The lowest BCUT2D eigenvalue weighted by molar-refractivity contribution is -0.385. The van der Waals surface area contributed by atoms with Crippen LogP contribution in [0.4, 0.5) is 10.1 Å². The first-order valence-corrected chi connectivity index (χ1v) is 6.92. The van der Waals surface area contributed by atoms with Crippen molar-refractivity contribution in [2.24, 2.45) is 0 Å². The zero-order valence-corrected chi connectivity index (χ0v) is 11.2. The summed E-state index contributed by atoms with van der Waals surface area (Å²) in [6.07, 6.45) is 2.07. The van der Waals surface area contributed by atoms with Crippen LogP contribution in [0.1, 0.15) is 36.0 Å². The van der Waals surface area contributed by atoms with Crippen LogP contribution in [0.25, 0.3) is 0 Å². The van der Waals surface area contributed by atoms with E-state index in [2.05, 4.69) is 0 Å². The van der Waals surface area contributed by atoms with Crippen LogP contribution in [-0.4, -0.2) is 39.0 Å². The predicted octanol–water partition coefficient (Wildman–Crippen LogP) is 1.86. The summed E-state index contributed by atoms with van der Waals surface area (Å²) < 4.78 is 13.4. The standard InChI is InChI=1S/C14H15FN2O4/c15-8-1-4-13(17(20)21)12(5-8)14(19)16-9-2-3-10(16)7-11(18)6-9/h1,4-5,9-11,18H,2-3,6-7H2. The van der Waals surface area contributed by atoms with Crippen molar-refractivity contribution in [3.8, 4) is 0 Å². The van der Waals surface area contributed by atoms with Crippen molar-refractivity contribution >= 4 is 11.6 Å². The summed E-state index contributed by atoms with van der Waals surface area (Å²) in [5.74, 6) is -1.19. The molecule has 2 atom stereocenters. The molecule has 0 spiro atoms. The molecular weight excluding hydrogens is 279 g/mol. The Bertz CT molecular complexity index is 593. The van der Waals surface area contributed by atoms with E-state index in [0.717, 1.165) is 31.0 Å². The second-order valence-corrected chi connectivity index (χ2v) is 5.64. The third-order valence-corrected chi connectivity index (χ3v) is 4.33. The van der Waals surface area contributed by atoms with Gasteiger partial charge in [0.25, 0.3) is 11.6 Å². The minimum atomic E-state index is -0.673. The van der Waals surface area contributed by atoms with E-state index in [-0.39, 0.29) is 23.3 Å². The van der Waals surface area contributed by atoms with Gasteiger partial charge in [0.05, 0.1) is 11.0 Å². The number of nitrogens with zero attached hydrogens (tertiary/aromatic N) is 2. The number of rotatable bonds is 2. The van der Waals surface area contributed by atoms with Crippen molar-refractivity contribution < 1.29 is 19.2 Å². The maximum Gasteiger partial charge on any atom is 0.282 e. The van der Waals surface area contributed by atoms with Gasteiger partial charge >= 0.3 is 0 Å². The van der Waals surface area contributed by atoms with Crippen molar-refractivity contribution in [1.29, 1.82) is 0 Å². The average Bonchev–Trinajstić information content (AvgIpc) is 2.69. The van der Waals surface area contributed by atoms with Crippen LogP contribution < -0.4 is 0 Å². The number of amides is 1. The molecule has 0 saturated carbocycles. The van der Waals surface area contributed by atoms with Gasteiger partial charge in [0.2, 0.25) is 0 Å². The minimum absolute atomic E-state index is 0.117. The average molecular weight is 294 g/mol. The minimum Gasteiger partial charge on any atom is -0.393 e. The van der Waals surface area contributed by atoms with E-state index in [1.54, 1.807) is 4.90 Å². The van der Waals surface area contributed by atoms with Gasteiger partial charge in [0.15, 0.2) is 0 Å². The topological polar surface area (TPSA) is 83.7 Å². The van der Waals surface area contributed by atoms with Crippen LogP contribution >= 0.6 is 0 Å². The Balaban J connectivity index is 1.96. The first kappa shape index (κ1) is 13.9. The number of aliphatic hydroxyl groups is 1. The highest BCUT2D eigenvalue weighted by Gasteiger charge is 2.44. The third-order valence-electron chi connectivity index (χ3n) is 4.33. The third kappa shape index (κ3) is 2.37. The van der Waals surface area contributed by atoms with Crippen LogP contribution in [0.3, 0.4) is 0 Å². The zero-order chi connectivity index (χ0) is 15.1. The molecule has 0 aliphatic carbocycles. The van der Waals surface area contributed by atoms with Gasteiger partial charge < -0.3 is 10.0 Å². The van der Waals surface area contributed by atoms with Crippen molar-refractivity contribution in [3.05, 3.63) is 39.7 Å². The Morgan fingerprint density at radius 1 is 1.33 bits per heavy atom. The largest absolute Gasteiger partial charge is 0.393 e. The summed E-state index contributed by atoms with van der Waals surface area (Å²) >= 11 is 0. The molecular formula is C14H15FN2O4. The highest BCUT2D eigenvalue weighted by atomic mass is 19.1. The number of hydrogen-bond donors (Lipinski definition) is 1. The predicted molar refractivity (Wildman–Crippen MR) is 71.3 cm³/mol. The Labute approximate surface area is 120 Å². The van der Waals surface area contributed by atoms with Gasteiger partial charge in [-0.15, -0.1) is 0 Å². The van der Waals surface area contributed by atoms with Crippen LogP contribution in [0, 0.1) is 15.9 Å². The zero-order valence-electron chi connectivity index (χ0n) is 11.2. The highest BCUT2D eigenvalue weighted by molar-refractivity contribution is 5.98. The summed E-state index contributed by atoms with van der Waals surface area (Å²) in [5.41, 5.74) is -0.597. The highest BCUT2D eigenvalue weighted by Crippen LogP contribution is 2.37. The van der Waals surface area contributed by atoms with Crippen molar-refractivity contribution in [3.63, 3.8) is 0 Å². The molecule has 7 heteroatoms. The molecule has 1 amide bonds. The Morgan fingerprint density at radius 3 is 2.52 bits per heavy atom. The van der Waals surface area contributed by atoms with E-state index in [4.69, 9.17) is 0 Å². The molecule has 1 aromatic carbocycles. The fourth-order valence-electron chi connectivity index (χ4n) is 3.46. The summed E-state index contributed by atoms with van der Waals surface area (Å²) in [6, 6.07) is 2.68. The van der Waals surface area contributed by atoms with E-state index in [1.165, 1.54) is 0 Å². The Morgan fingerprint density at radius 2 is 1.95 bits per heavy atom. The molecule has 2 unspecified atom stereocenters. The molecule has 3 rings (SSSR count). The number of halogens is 1. The van der Waals surface area contributed by atoms with Crippen molar-refractivity contribution in [2.45, 2.75) is 43.9 Å². The number of piperidine rings is 1. The molecule has 2 aliphatic heterocycles. The molecule has 2 heterocycles. The van der Waals surface area contributed by atoms with E-state index in [9.17, 15) is 24.4 Å². The molecule has 1 N–H and O–H groups in total. The number of nitro benzene ring substituents is 1. The van der Waals surface area contributed by atoms with E-state index < -0.39 is 22.8 Å². The summed E-state index contributed by atoms with van der Waals surface area (Å²) in [4.78, 5) is 24.6. The van der Waals surface area contributed by atoms with Gasteiger partial charge in [0, 0.05) is 18.2 Å². The van der Waals surface area contributed by atoms with Crippen LogP contribution in [0.15, 0.2) is 18.2 Å². The second-order valence-electron chi connectivity index (χ2n) is 5.64. The number of nitro groups is 1. The van der Waals surface area contributed by atoms with Gasteiger partial charge in [-0.3, -0.25) is 14.9 Å². The molecule has 2 bridgehead atoms. The van der Waals surface area contributed by atoms with Crippen molar-refractivity contribution in [2.75, 3.05) is 0 Å². The number of carbonyl (C=O) groups excluding carboxylic acids is 1.